The molecule has 6 N–H and O–H groups in total. The zero-order chi connectivity index (χ0) is 29.3. The van der Waals surface area contributed by atoms with Crippen molar-refractivity contribution in [3.05, 3.63) is 57.6 Å². The highest BCUT2D eigenvalue weighted by molar-refractivity contribution is 6.13. The highest BCUT2D eigenvalue weighted by Crippen LogP contribution is 2.54. The molecule has 4 aliphatic rings. The van der Waals surface area contributed by atoms with Gasteiger partial charge in [0.25, 0.3) is 5.91 Å². The summed E-state index contributed by atoms with van der Waals surface area (Å²) in [6.07, 6.45) is 2.04. The van der Waals surface area contributed by atoms with Crippen LogP contribution in [0.1, 0.15) is 36.0 Å². The van der Waals surface area contributed by atoms with E-state index in [4.69, 9.17) is 5.73 Å². The molecule has 2 fully saturated rings. The van der Waals surface area contributed by atoms with E-state index >= 15 is 4.39 Å². The van der Waals surface area contributed by atoms with E-state index in [0.717, 1.165) is 12.8 Å². The van der Waals surface area contributed by atoms with Gasteiger partial charge in [-0.05, 0) is 57.7 Å². The third kappa shape index (κ3) is 4.22. The minimum atomic E-state index is -2.38. The predicted molar refractivity (Wildman–Crippen MR) is 142 cm³/mol. The van der Waals surface area contributed by atoms with E-state index in [1.807, 2.05) is 0 Å². The zero-order valence-electron chi connectivity index (χ0n) is 22.6. The van der Waals surface area contributed by atoms with E-state index in [1.165, 1.54) is 6.07 Å². The van der Waals surface area contributed by atoms with Crippen LogP contribution in [0.3, 0.4) is 0 Å². The fourth-order valence-electron chi connectivity index (χ4n) is 6.89. The molecule has 4 aliphatic carbocycles. The Morgan fingerprint density at radius 3 is 2.50 bits per heavy atom. The molecular formula is C29H35F2N3O6. The van der Waals surface area contributed by atoms with Crippen molar-refractivity contribution in [2.45, 2.75) is 43.9 Å². The molecule has 0 heterocycles. The first kappa shape index (κ1) is 28.3. The van der Waals surface area contributed by atoms with Crippen LogP contribution in [0.25, 0.3) is 5.76 Å². The van der Waals surface area contributed by atoms with Crippen molar-refractivity contribution in [2.24, 2.45) is 23.5 Å². The van der Waals surface area contributed by atoms with E-state index in [9.17, 15) is 34.4 Å². The number of aromatic hydroxyl groups is 1. The third-order valence-electron chi connectivity index (χ3n) is 8.92. The van der Waals surface area contributed by atoms with Crippen LogP contribution in [-0.4, -0.2) is 87.4 Å². The van der Waals surface area contributed by atoms with E-state index in [-0.39, 0.29) is 53.8 Å². The van der Waals surface area contributed by atoms with Crippen molar-refractivity contribution in [2.75, 3.05) is 33.9 Å². The Morgan fingerprint density at radius 2 is 1.93 bits per heavy atom. The van der Waals surface area contributed by atoms with Crippen LogP contribution in [-0.2, 0) is 22.6 Å². The summed E-state index contributed by atoms with van der Waals surface area (Å²) in [6, 6.07) is 0.190. The maximum absolute atomic E-state index is 16.0. The number of nitrogens with zero attached hydrogens (tertiary/aromatic N) is 2. The number of alkyl halides is 1. The lowest BCUT2D eigenvalue weighted by molar-refractivity contribution is -0.143. The van der Waals surface area contributed by atoms with Gasteiger partial charge < -0.3 is 26.2 Å². The number of ketones is 1. The van der Waals surface area contributed by atoms with Crippen molar-refractivity contribution in [3.63, 3.8) is 0 Å². The number of Topliss-reactive ketones (excluding diaryl/α,β-unsaturated/α-hetero) is 1. The number of aliphatic hydroxyl groups excluding tert-OH is 2. The summed E-state index contributed by atoms with van der Waals surface area (Å²) < 4.78 is 29.2. The molecule has 0 spiro atoms. The molecule has 5 rings (SSSR count). The molecule has 1 unspecified atom stereocenters. The number of rotatable bonds is 8. The lowest BCUT2D eigenvalue weighted by Gasteiger charge is -2.52. The van der Waals surface area contributed by atoms with Gasteiger partial charge in [-0.3, -0.25) is 19.4 Å². The Kier molecular flexibility index (Phi) is 7.04. The number of hydrogen-bond acceptors (Lipinski definition) is 8. The second-order valence-electron chi connectivity index (χ2n) is 11.7. The van der Waals surface area contributed by atoms with Gasteiger partial charge in [-0.1, -0.05) is 6.58 Å². The number of nitrogens with two attached hydrogens (primary N) is 1. The molecule has 0 aromatic heterocycles. The molecule has 0 bridgehead atoms. The summed E-state index contributed by atoms with van der Waals surface area (Å²) in [4.78, 5) is 29.5. The number of likely N-dealkylation sites (N-methyl/N-ethyl adjacent to an activating group) is 1. The first-order chi connectivity index (χ1) is 18.8. The van der Waals surface area contributed by atoms with Crippen LogP contribution in [0.2, 0.25) is 0 Å². The minimum Gasteiger partial charge on any atom is -0.510 e. The first-order valence-electron chi connectivity index (χ1n) is 13.4. The number of carbonyl (C=O) groups excluding carboxylic acids is 2. The molecule has 40 heavy (non-hydrogen) atoms. The second-order valence-corrected chi connectivity index (χ2v) is 11.7. The van der Waals surface area contributed by atoms with Gasteiger partial charge in [-0.25, -0.2) is 8.78 Å². The average Bonchev–Trinajstić information content (AvgIpc) is 3.68. The fourth-order valence-corrected chi connectivity index (χ4v) is 6.89. The number of primary amides is 1. The average molecular weight is 560 g/mol. The highest BCUT2D eigenvalue weighted by atomic mass is 19.1. The molecular weight excluding hydrogens is 524 g/mol. The maximum Gasteiger partial charge on any atom is 0.252 e. The second kappa shape index (κ2) is 9.97. The molecule has 0 aliphatic heterocycles. The van der Waals surface area contributed by atoms with Crippen LogP contribution in [0.4, 0.5) is 8.78 Å². The standard InChI is InChI=1S/C29H35F2N3O6/c1-13-20(28(32)39)26(37)24(33(2)3)18-9-15-8-17-22(25(36)21(15)27(38)29(13,18)40)19(35)10-16(23(17)31)12-34(7-6-30)11-14-4-5-14/h10,14-15,18,24,35-37,40H,1,4-9,11-12H2,2-3H3,(H2,32,39)/t15-,18?,24-,29-/m0/s1. The van der Waals surface area contributed by atoms with E-state index in [2.05, 4.69) is 6.58 Å². The van der Waals surface area contributed by atoms with Crippen LogP contribution in [0.15, 0.2) is 35.1 Å². The van der Waals surface area contributed by atoms with Crippen LogP contribution in [0.5, 0.6) is 5.75 Å². The van der Waals surface area contributed by atoms with Gasteiger partial charge in [-0.15, -0.1) is 0 Å². The summed E-state index contributed by atoms with van der Waals surface area (Å²) in [5.74, 6) is -5.49. The van der Waals surface area contributed by atoms with Gasteiger partial charge in [-0.2, -0.15) is 0 Å². The monoisotopic (exact) mass is 559 g/mol. The molecule has 2 saturated carbocycles. The number of fused-ring (bicyclic) bond motifs is 3. The predicted octanol–water partition coefficient (Wildman–Crippen LogP) is 2.27. The molecule has 216 valence electrons. The Labute approximate surface area is 230 Å². The lowest BCUT2D eigenvalue weighted by atomic mass is 9.56. The molecule has 1 amide bonds. The number of amides is 1. The Bertz CT molecular complexity index is 1370. The molecule has 1 aromatic carbocycles. The molecule has 9 nitrogen and oxygen atoms in total. The van der Waals surface area contributed by atoms with Gasteiger partial charge in [0.05, 0.1) is 17.2 Å². The number of halogens is 2. The largest absolute Gasteiger partial charge is 0.510 e. The fraction of sp³-hybridized carbons (Fsp3) is 0.517. The smallest absolute Gasteiger partial charge is 0.252 e. The minimum absolute atomic E-state index is 0.0269. The van der Waals surface area contributed by atoms with E-state index in [0.29, 0.717) is 12.5 Å². The third-order valence-corrected chi connectivity index (χ3v) is 8.92. The summed E-state index contributed by atoms with van der Waals surface area (Å²) in [6.45, 7) is 3.96. The van der Waals surface area contributed by atoms with E-state index in [1.54, 1.807) is 23.9 Å². The van der Waals surface area contributed by atoms with Crippen LogP contribution < -0.4 is 5.73 Å². The van der Waals surface area contributed by atoms with Crippen molar-refractivity contribution >= 4 is 17.4 Å². The number of hydrogen-bond donors (Lipinski definition) is 5. The summed E-state index contributed by atoms with van der Waals surface area (Å²) in [7, 11) is 3.21. The zero-order valence-corrected chi connectivity index (χ0v) is 22.6. The number of benzene rings is 1. The SMILES string of the molecule is C=C1C(C(N)=O)=C(O)[C@@H](N(C)C)C2C[C@@H]3Cc4c(F)c(CN(CCF)CC5CC5)cc(O)c4C(O)=C3C(=O)[C@]12O. The number of phenolic OH excluding ortho intramolecular Hbond substituents is 1. The quantitative estimate of drug-likeness (QED) is 0.326. The van der Waals surface area contributed by atoms with E-state index < -0.39 is 70.5 Å². The van der Waals surface area contributed by atoms with Crippen molar-refractivity contribution in [3.8, 4) is 5.75 Å². The molecule has 1 aromatic rings. The number of aliphatic hydroxyl groups is 3. The Hall–Kier alpha value is -3.28. The summed E-state index contributed by atoms with van der Waals surface area (Å²) in [5.41, 5.74) is 2.01. The first-order valence-corrected chi connectivity index (χ1v) is 13.4. The topological polar surface area (TPSA) is 148 Å². The lowest BCUT2D eigenvalue weighted by Crippen LogP contribution is -2.63. The number of phenols is 1. The molecule has 4 atom stereocenters. The van der Waals surface area contributed by atoms with Crippen LogP contribution >= 0.6 is 0 Å². The Morgan fingerprint density at radius 1 is 1.25 bits per heavy atom. The normalized spacial score (nSPS) is 28.2. The highest BCUT2D eigenvalue weighted by Gasteiger charge is 2.62. The van der Waals surface area contributed by atoms with Gasteiger partial charge in [0.15, 0.2) is 11.4 Å². The Balaban J connectivity index is 1.59. The molecule has 0 saturated heterocycles. The van der Waals surface area contributed by atoms with Crippen molar-refractivity contribution in [1.82, 2.24) is 9.80 Å². The van der Waals surface area contributed by atoms with Gasteiger partial charge in [0.1, 0.15) is 29.8 Å². The van der Waals surface area contributed by atoms with Gasteiger partial charge in [0, 0.05) is 47.8 Å². The van der Waals surface area contributed by atoms with Crippen molar-refractivity contribution in [1.29, 1.82) is 0 Å². The molecule has 0 radical (unpaired) electrons. The van der Waals surface area contributed by atoms with Crippen molar-refractivity contribution < 1.29 is 38.8 Å². The molecule has 11 heteroatoms. The maximum atomic E-state index is 16.0. The van der Waals surface area contributed by atoms with Gasteiger partial charge >= 0.3 is 0 Å². The van der Waals surface area contributed by atoms with Crippen LogP contribution in [0, 0.1) is 23.6 Å². The summed E-state index contributed by atoms with van der Waals surface area (Å²) >= 11 is 0. The summed E-state index contributed by atoms with van der Waals surface area (Å²) in [5, 5.41) is 45.0. The van der Waals surface area contributed by atoms with Gasteiger partial charge in [0.2, 0.25) is 0 Å². The number of carbonyl (C=O) groups is 2.